The molecule has 0 amide bonds. The molecule has 98 valence electrons. The minimum absolute atomic E-state index is 0.0615. The molecule has 1 nitrogen and oxygen atoms in total. The molecule has 1 aliphatic rings. The molecular weight excluding hydrogens is 267 g/mol. The Morgan fingerprint density at radius 3 is 2.83 bits per heavy atom. The summed E-state index contributed by atoms with van der Waals surface area (Å²) in [5, 5.41) is 0.427. The Morgan fingerprint density at radius 1 is 1.39 bits per heavy atom. The lowest BCUT2D eigenvalue weighted by Crippen LogP contribution is -2.32. The second-order valence-electron chi connectivity index (χ2n) is 4.58. The second kappa shape index (κ2) is 6.11. The van der Waals surface area contributed by atoms with Gasteiger partial charge in [0.1, 0.15) is 5.82 Å². The minimum atomic E-state index is -0.262. The number of benzene rings is 1. The molecule has 1 fully saturated rings. The second-order valence-corrected chi connectivity index (χ2v) is 7.32. The zero-order valence-corrected chi connectivity index (χ0v) is 12.2. The summed E-state index contributed by atoms with van der Waals surface area (Å²) in [6, 6.07) is 4.67. The number of carbonyl (C=O) groups is 1. The zero-order valence-electron chi connectivity index (χ0n) is 10.6. The van der Waals surface area contributed by atoms with Crippen LogP contribution in [0.25, 0.3) is 0 Å². The summed E-state index contributed by atoms with van der Waals surface area (Å²) >= 11 is 3.60. The average Bonchev–Trinajstić information content (AvgIpc) is 2.34. The van der Waals surface area contributed by atoms with Crippen LogP contribution in [-0.2, 0) is 11.2 Å². The molecule has 0 bridgehead atoms. The average molecular weight is 284 g/mol. The monoisotopic (exact) mass is 284 g/mol. The van der Waals surface area contributed by atoms with Gasteiger partial charge in [-0.3, -0.25) is 4.79 Å². The van der Waals surface area contributed by atoms with Crippen LogP contribution in [0.1, 0.15) is 18.1 Å². The fraction of sp³-hybridized carbons (Fsp3) is 0.500. The Morgan fingerprint density at radius 2 is 2.11 bits per heavy atom. The van der Waals surface area contributed by atoms with Crippen LogP contribution in [0.4, 0.5) is 4.39 Å². The molecule has 2 unspecified atom stereocenters. The maximum Gasteiger partial charge on any atom is 0.151 e. The Labute approximate surface area is 116 Å². The third-order valence-electron chi connectivity index (χ3n) is 3.18. The minimum Gasteiger partial charge on any atom is -0.298 e. The molecular formula is C14H17FOS2. The summed E-state index contributed by atoms with van der Waals surface area (Å²) in [4.78, 5) is 12.3. The molecule has 1 aromatic carbocycles. The lowest BCUT2D eigenvalue weighted by atomic mass is 10.0. The van der Waals surface area contributed by atoms with Crippen LogP contribution in [-0.4, -0.2) is 27.8 Å². The predicted molar refractivity (Wildman–Crippen MR) is 78.0 cm³/mol. The van der Waals surface area contributed by atoms with E-state index in [-0.39, 0.29) is 16.9 Å². The standard InChI is InChI=1S/C14H17FOS2/c1-9-3-4-12(15)7-11(9)8-13(16)14-10(2)17-5-6-18-14/h3-4,7,10,14H,5-6,8H2,1-2H3. The molecule has 1 aliphatic heterocycles. The van der Waals surface area contributed by atoms with Gasteiger partial charge in [0.25, 0.3) is 0 Å². The van der Waals surface area contributed by atoms with Crippen molar-refractivity contribution in [2.75, 3.05) is 11.5 Å². The summed E-state index contributed by atoms with van der Waals surface area (Å²) in [5.41, 5.74) is 1.81. The van der Waals surface area contributed by atoms with E-state index in [1.54, 1.807) is 17.8 Å². The number of ketones is 1. The molecule has 0 spiro atoms. The van der Waals surface area contributed by atoms with Crippen molar-refractivity contribution in [2.24, 2.45) is 0 Å². The lowest BCUT2D eigenvalue weighted by molar-refractivity contribution is -0.117. The first-order chi connectivity index (χ1) is 8.58. The molecule has 0 N–H and O–H groups in total. The van der Waals surface area contributed by atoms with E-state index in [9.17, 15) is 9.18 Å². The Bertz CT molecular complexity index is 447. The molecule has 1 heterocycles. The van der Waals surface area contributed by atoms with Crippen LogP contribution in [0.5, 0.6) is 0 Å². The van der Waals surface area contributed by atoms with Gasteiger partial charge in [0.2, 0.25) is 0 Å². The molecule has 1 aromatic rings. The van der Waals surface area contributed by atoms with Crippen LogP contribution in [0, 0.1) is 12.7 Å². The Balaban J connectivity index is 2.08. The van der Waals surface area contributed by atoms with E-state index in [1.807, 2.05) is 18.7 Å². The largest absolute Gasteiger partial charge is 0.298 e. The fourth-order valence-electron chi connectivity index (χ4n) is 2.11. The van der Waals surface area contributed by atoms with Gasteiger partial charge in [-0.25, -0.2) is 4.39 Å². The summed E-state index contributed by atoms with van der Waals surface area (Å²) in [7, 11) is 0. The summed E-state index contributed by atoms with van der Waals surface area (Å²) in [6.45, 7) is 4.03. The number of thioether (sulfide) groups is 2. The fourth-order valence-corrected chi connectivity index (χ4v) is 4.84. The van der Waals surface area contributed by atoms with Gasteiger partial charge in [-0.05, 0) is 30.2 Å². The van der Waals surface area contributed by atoms with Gasteiger partial charge in [-0.1, -0.05) is 13.0 Å². The number of rotatable bonds is 3. The number of halogens is 1. The van der Waals surface area contributed by atoms with Gasteiger partial charge >= 0.3 is 0 Å². The SMILES string of the molecule is Cc1ccc(F)cc1CC(=O)C1SCCSC1C. The van der Waals surface area contributed by atoms with E-state index in [0.29, 0.717) is 11.7 Å². The summed E-state index contributed by atoms with van der Waals surface area (Å²) in [5.74, 6) is 2.12. The molecule has 2 atom stereocenters. The normalized spacial score (nSPS) is 23.9. The predicted octanol–water partition coefficient (Wildman–Crippen LogP) is 3.48. The Kier molecular flexibility index (Phi) is 4.73. The molecule has 0 saturated carbocycles. The first-order valence-electron chi connectivity index (χ1n) is 6.09. The highest BCUT2D eigenvalue weighted by Gasteiger charge is 2.28. The van der Waals surface area contributed by atoms with Gasteiger partial charge in [0.15, 0.2) is 5.78 Å². The number of hydrogen-bond acceptors (Lipinski definition) is 3. The smallest absolute Gasteiger partial charge is 0.151 e. The van der Waals surface area contributed by atoms with Gasteiger partial charge in [0.05, 0.1) is 5.25 Å². The molecule has 1 saturated heterocycles. The molecule has 18 heavy (non-hydrogen) atoms. The van der Waals surface area contributed by atoms with E-state index in [2.05, 4.69) is 6.92 Å². The van der Waals surface area contributed by atoms with Gasteiger partial charge in [0, 0.05) is 23.2 Å². The number of hydrogen-bond donors (Lipinski definition) is 0. The van der Waals surface area contributed by atoms with Crippen LogP contribution < -0.4 is 0 Å². The van der Waals surface area contributed by atoms with Crippen LogP contribution in [0.2, 0.25) is 0 Å². The van der Waals surface area contributed by atoms with E-state index in [4.69, 9.17) is 0 Å². The van der Waals surface area contributed by atoms with Crippen molar-refractivity contribution in [3.63, 3.8) is 0 Å². The number of carbonyl (C=O) groups excluding carboxylic acids is 1. The molecule has 4 heteroatoms. The topological polar surface area (TPSA) is 17.1 Å². The molecule has 2 rings (SSSR count). The van der Waals surface area contributed by atoms with E-state index in [1.165, 1.54) is 12.1 Å². The van der Waals surface area contributed by atoms with Crippen molar-refractivity contribution in [3.8, 4) is 0 Å². The highest BCUT2D eigenvalue weighted by atomic mass is 32.2. The zero-order chi connectivity index (χ0) is 13.1. The highest BCUT2D eigenvalue weighted by Crippen LogP contribution is 2.32. The van der Waals surface area contributed by atoms with E-state index in [0.717, 1.165) is 22.6 Å². The lowest BCUT2D eigenvalue weighted by Gasteiger charge is -2.26. The van der Waals surface area contributed by atoms with Crippen molar-refractivity contribution in [1.29, 1.82) is 0 Å². The third-order valence-corrected chi connectivity index (χ3v) is 6.32. The summed E-state index contributed by atoms with van der Waals surface area (Å²) < 4.78 is 13.2. The first kappa shape index (κ1) is 13.9. The molecule has 0 aliphatic carbocycles. The molecule has 0 radical (unpaired) electrons. The highest BCUT2D eigenvalue weighted by molar-refractivity contribution is 8.07. The third kappa shape index (κ3) is 3.29. The maximum atomic E-state index is 13.2. The first-order valence-corrected chi connectivity index (χ1v) is 8.18. The van der Waals surface area contributed by atoms with E-state index < -0.39 is 0 Å². The van der Waals surface area contributed by atoms with Crippen molar-refractivity contribution in [1.82, 2.24) is 0 Å². The quantitative estimate of drug-likeness (QED) is 0.846. The van der Waals surface area contributed by atoms with Gasteiger partial charge in [-0.2, -0.15) is 11.8 Å². The maximum absolute atomic E-state index is 13.2. The van der Waals surface area contributed by atoms with Crippen LogP contribution in [0.3, 0.4) is 0 Å². The van der Waals surface area contributed by atoms with Crippen LogP contribution >= 0.6 is 23.5 Å². The number of Topliss-reactive ketones (excluding diaryl/α,β-unsaturated/α-hetero) is 1. The van der Waals surface area contributed by atoms with Crippen molar-refractivity contribution >= 4 is 29.3 Å². The van der Waals surface area contributed by atoms with Crippen molar-refractivity contribution in [2.45, 2.75) is 30.8 Å². The Hall–Kier alpha value is -0.480. The number of aryl methyl sites for hydroxylation is 1. The van der Waals surface area contributed by atoms with Crippen molar-refractivity contribution in [3.05, 3.63) is 35.1 Å². The van der Waals surface area contributed by atoms with Gasteiger partial charge < -0.3 is 0 Å². The van der Waals surface area contributed by atoms with Crippen molar-refractivity contribution < 1.29 is 9.18 Å². The molecule has 0 aromatic heterocycles. The van der Waals surface area contributed by atoms with Gasteiger partial charge in [-0.15, -0.1) is 11.8 Å². The van der Waals surface area contributed by atoms with E-state index >= 15 is 0 Å². The van der Waals surface area contributed by atoms with Crippen LogP contribution in [0.15, 0.2) is 18.2 Å². The summed E-state index contributed by atoms with van der Waals surface area (Å²) in [6.07, 6.45) is 0.353.